The highest BCUT2D eigenvalue weighted by Crippen LogP contribution is 2.36. The lowest BCUT2D eigenvalue weighted by atomic mass is 9.88. The number of hydrogen-bond acceptors (Lipinski definition) is 9. The van der Waals surface area contributed by atoms with E-state index < -0.39 is 0 Å². The van der Waals surface area contributed by atoms with Gasteiger partial charge in [-0.05, 0) is 38.1 Å². The fraction of sp³-hybridized carbons (Fsp3) is 0.310. The average Bonchev–Trinajstić information content (AvgIpc) is 3.69. The van der Waals surface area contributed by atoms with Crippen LogP contribution in [0.25, 0.3) is 28.3 Å². The molecule has 208 valence electrons. The Kier molecular flexibility index (Phi) is 5.93. The molecule has 5 aromatic rings. The molecule has 2 aliphatic rings. The molecule has 7 heterocycles. The number of anilines is 2. The highest BCUT2D eigenvalue weighted by atomic mass is 16.3. The summed E-state index contributed by atoms with van der Waals surface area (Å²) in [7, 11) is 5.85. The first-order valence-corrected chi connectivity index (χ1v) is 13.5. The minimum atomic E-state index is -0.176. The van der Waals surface area contributed by atoms with E-state index in [1.165, 1.54) is 0 Å². The number of nitrogens with zero attached hydrogens (tertiary/aromatic N) is 7. The highest BCUT2D eigenvalue weighted by Gasteiger charge is 2.30. The van der Waals surface area contributed by atoms with Crippen LogP contribution in [-0.2, 0) is 17.9 Å². The predicted molar refractivity (Wildman–Crippen MR) is 152 cm³/mol. The summed E-state index contributed by atoms with van der Waals surface area (Å²) in [6, 6.07) is 5.81. The second-order valence-corrected chi connectivity index (χ2v) is 10.9. The number of imidazole rings is 1. The van der Waals surface area contributed by atoms with Gasteiger partial charge < -0.3 is 24.9 Å². The number of amides is 2. The van der Waals surface area contributed by atoms with E-state index in [0.717, 1.165) is 41.0 Å². The largest absolute Gasteiger partial charge is 0.445 e. The summed E-state index contributed by atoms with van der Waals surface area (Å²) >= 11 is 0. The van der Waals surface area contributed by atoms with Crippen LogP contribution in [0.1, 0.15) is 45.9 Å². The van der Waals surface area contributed by atoms with Crippen molar-refractivity contribution < 1.29 is 14.0 Å². The van der Waals surface area contributed by atoms with E-state index >= 15 is 0 Å². The number of likely N-dealkylation sites (tertiary alicyclic amines) is 1. The van der Waals surface area contributed by atoms with Gasteiger partial charge in [0.2, 0.25) is 11.6 Å². The summed E-state index contributed by atoms with van der Waals surface area (Å²) in [5, 5.41) is 6.30. The van der Waals surface area contributed by atoms with E-state index in [0.29, 0.717) is 53.6 Å². The summed E-state index contributed by atoms with van der Waals surface area (Å²) < 4.78 is 7.42. The Labute approximate surface area is 235 Å². The second-order valence-electron chi connectivity index (χ2n) is 10.9. The summed E-state index contributed by atoms with van der Waals surface area (Å²) in [6.07, 6.45) is 8.03. The molecule has 0 radical (unpaired) electrons. The minimum absolute atomic E-state index is 0.133. The third kappa shape index (κ3) is 4.27. The van der Waals surface area contributed by atoms with Gasteiger partial charge in [0.25, 0.3) is 5.91 Å². The van der Waals surface area contributed by atoms with Gasteiger partial charge in [-0.2, -0.15) is 0 Å². The van der Waals surface area contributed by atoms with E-state index in [2.05, 4.69) is 31.6 Å². The van der Waals surface area contributed by atoms with Crippen LogP contribution in [0.15, 0.2) is 47.5 Å². The zero-order valence-corrected chi connectivity index (χ0v) is 23.0. The third-order valence-electron chi connectivity index (χ3n) is 7.86. The molecule has 0 spiro atoms. The molecule has 2 N–H and O–H groups in total. The number of aromatic nitrogens is 5. The Morgan fingerprint density at radius 2 is 2.00 bits per heavy atom. The number of carbonyl (C=O) groups is 2. The normalized spacial score (nSPS) is 17.1. The summed E-state index contributed by atoms with van der Waals surface area (Å²) in [4.78, 5) is 47.9. The van der Waals surface area contributed by atoms with Gasteiger partial charge in [0.15, 0.2) is 5.65 Å². The topological polar surface area (TPSA) is 134 Å². The number of nitrogens with one attached hydrogen (secondary N) is 2. The van der Waals surface area contributed by atoms with Gasteiger partial charge >= 0.3 is 0 Å². The summed E-state index contributed by atoms with van der Waals surface area (Å²) in [5.41, 5.74) is 7.23. The number of carbonyl (C=O) groups excluding carboxylic acids is 2. The Hall–Kier alpha value is -4.84. The number of hydrogen-bond donors (Lipinski definition) is 2. The van der Waals surface area contributed by atoms with Crippen LogP contribution in [0, 0.1) is 0 Å². The number of pyridine rings is 2. The van der Waals surface area contributed by atoms with Gasteiger partial charge in [-0.3, -0.25) is 19.0 Å². The Morgan fingerprint density at radius 1 is 1.12 bits per heavy atom. The van der Waals surface area contributed by atoms with Crippen LogP contribution < -0.4 is 10.6 Å². The molecule has 1 saturated heterocycles. The molecule has 1 unspecified atom stereocenters. The molecule has 5 aromatic heterocycles. The first-order valence-electron chi connectivity index (χ1n) is 13.5. The molecule has 0 aliphatic carbocycles. The quantitative estimate of drug-likeness (QED) is 0.326. The van der Waals surface area contributed by atoms with Crippen LogP contribution >= 0.6 is 0 Å². The van der Waals surface area contributed by atoms with Crippen molar-refractivity contribution in [3.8, 4) is 11.4 Å². The first-order chi connectivity index (χ1) is 19.9. The fourth-order valence-electron chi connectivity index (χ4n) is 5.84. The Bertz CT molecular complexity index is 1840. The maximum atomic E-state index is 13.1. The van der Waals surface area contributed by atoms with E-state index in [4.69, 9.17) is 14.4 Å². The van der Waals surface area contributed by atoms with Crippen molar-refractivity contribution in [3.63, 3.8) is 0 Å². The van der Waals surface area contributed by atoms with Gasteiger partial charge in [-0.15, -0.1) is 0 Å². The molecule has 12 heteroatoms. The van der Waals surface area contributed by atoms with Crippen LogP contribution in [0.2, 0.25) is 0 Å². The molecular formula is C29H29N9O3. The van der Waals surface area contributed by atoms with Crippen molar-refractivity contribution in [2.75, 3.05) is 33.0 Å². The van der Waals surface area contributed by atoms with Crippen molar-refractivity contribution in [2.45, 2.75) is 31.8 Å². The van der Waals surface area contributed by atoms with Crippen molar-refractivity contribution in [1.82, 2.24) is 39.5 Å². The predicted octanol–water partition coefficient (Wildman–Crippen LogP) is 3.32. The highest BCUT2D eigenvalue weighted by molar-refractivity contribution is 6.05. The lowest BCUT2D eigenvalue weighted by molar-refractivity contribution is -0.132. The number of fused-ring (bicyclic) bond motifs is 4. The van der Waals surface area contributed by atoms with Crippen LogP contribution in [-0.4, -0.2) is 73.6 Å². The van der Waals surface area contributed by atoms with Crippen molar-refractivity contribution in [2.24, 2.45) is 0 Å². The summed E-state index contributed by atoms with van der Waals surface area (Å²) in [5.74, 6) is 0.726. The van der Waals surface area contributed by atoms with Gasteiger partial charge in [0.1, 0.15) is 11.3 Å². The van der Waals surface area contributed by atoms with E-state index in [-0.39, 0.29) is 17.7 Å². The molecule has 0 aromatic carbocycles. The molecule has 0 saturated carbocycles. The average molecular weight is 552 g/mol. The molecule has 12 nitrogen and oxygen atoms in total. The Morgan fingerprint density at radius 3 is 2.83 bits per heavy atom. The molecule has 1 fully saturated rings. The van der Waals surface area contributed by atoms with Crippen molar-refractivity contribution in [1.29, 1.82) is 0 Å². The Balaban J connectivity index is 1.26. The van der Waals surface area contributed by atoms with Crippen LogP contribution in [0.3, 0.4) is 0 Å². The van der Waals surface area contributed by atoms with Gasteiger partial charge in [0.05, 0.1) is 53.2 Å². The second kappa shape index (κ2) is 9.66. The maximum Gasteiger partial charge on any atom is 0.254 e. The van der Waals surface area contributed by atoms with E-state index in [1.807, 2.05) is 37.7 Å². The zero-order chi connectivity index (χ0) is 28.2. The monoisotopic (exact) mass is 551 g/mol. The van der Waals surface area contributed by atoms with Gasteiger partial charge in [0, 0.05) is 44.7 Å². The maximum absolute atomic E-state index is 13.1. The molecule has 7 rings (SSSR count). The van der Waals surface area contributed by atoms with Gasteiger partial charge in [-0.25, -0.2) is 15.0 Å². The standard InChI is InChI=1S/C29H29N9O3/c1-36(2)15-20-17(16-6-8-37(3)25(39)10-16)4-5-23(35-20)34-19-12-31-27(18-11-32-28(40)26(18)19)22-13-30-24-14-33-29-21(38(22)24)7-9-41-29/h4-5,7,9,12-14,16H,6,8,10-11,15H2,1-3H3,(H,32,40)(H,34,35). The molecule has 1 atom stereocenters. The lowest BCUT2D eigenvalue weighted by Crippen LogP contribution is -2.35. The molecule has 41 heavy (non-hydrogen) atoms. The molecule has 2 amide bonds. The van der Waals surface area contributed by atoms with E-state index in [9.17, 15) is 9.59 Å². The SMILES string of the molecule is CN(C)Cc1nc(Nc2cnc(-c3cnc4cnc5occc5n34)c3c2C(=O)NC3)ccc1C1CCN(C)C(=O)C1. The fourth-order valence-corrected chi connectivity index (χ4v) is 5.84. The molecule has 2 aliphatic heterocycles. The third-order valence-corrected chi connectivity index (χ3v) is 7.86. The van der Waals surface area contributed by atoms with E-state index in [1.54, 1.807) is 29.8 Å². The molecule has 0 bridgehead atoms. The van der Waals surface area contributed by atoms with Crippen LogP contribution in [0.4, 0.5) is 11.5 Å². The number of piperidine rings is 1. The van der Waals surface area contributed by atoms with Crippen molar-refractivity contribution >= 4 is 40.2 Å². The zero-order valence-electron chi connectivity index (χ0n) is 23.0. The first kappa shape index (κ1) is 25.1. The minimum Gasteiger partial charge on any atom is -0.445 e. The summed E-state index contributed by atoms with van der Waals surface area (Å²) in [6.45, 7) is 1.72. The van der Waals surface area contributed by atoms with Crippen molar-refractivity contribution in [3.05, 3.63) is 65.4 Å². The lowest BCUT2D eigenvalue weighted by Gasteiger charge is -2.30. The molecular weight excluding hydrogens is 522 g/mol. The van der Waals surface area contributed by atoms with Gasteiger partial charge in [-0.1, -0.05) is 6.07 Å². The smallest absolute Gasteiger partial charge is 0.254 e. The number of rotatable bonds is 6. The number of furan rings is 1. The van der Waals surface area contributed by atoms with Crippen LogP contribution in [0.5, 0.6) is 0 Å².